The van der Waals surface area contributed by atoms with E-state index in [-0.39, 0.29) is 0 Å². The number of hydrogen-bond donors (Lipinski definition) is 2. The number of carbonyl (C=O) groups is 2. The van der Waals surface area contributed by atoms with Gasteiger partial charge in [-0.3, -0.25) is 9.78 Å². The number of aromatic nitrogens is 1. The zero-order valence-corrected chi connectivity index (χ0v) is 11.3. The molecule has 0 saturated heterocycles. The minimum absolute atomic E-state index is 0.439. The zero-order valence-electron chi connectivity index (χ0n) is 11.3. The normalized spacial score (nSPS) is 13.2. The van der Waals surface area contributed by atoms with Gasteiger partial charge in [0.15, 0.2) is 0 Å². The topological polar surface area (TPSA) is 79.3 Å². The van der Waals surface area contributed by atoms with Gasteiger partial charge in [0.25, 0.3) is 0 Å². The number of carboxylic acids is 1. The molecule has 2 N–H and O–H groups in total. The van der Waals surface area contributed by atoms with Crippen LogP contribution in [0, 0.1) is 5.41 Å². The second kappa shape index (κ2) is 6.13. The number of carboxylic acid groups (broad SMARTS) is 1. The molecule has 0 aromatic carbocycles. The third-order valence-corrected chi connectivity index (χ3v) is 2.51. The van der Waals surface area contributed by atoms with Crippen molar-refractivity contribution in [1.29, 1.82) is 0 Å². The number of carbonyl (C=O) groups excluding carboxylic acids is 1. The largest absolute Gasteiger partial charge is 0.480 e. The molecule has 0 saturated carbocycles. The van der Waals surface area contributed by atoms with Crippen molar-refractivity contribution in [3.63, 3.8) is 0 Å². The second-order valence-electron chi connectivity index (χ2n) is 5.27. The van der Waals surface area contributed by atoms with Crippen LogP contribution in [-0.2, 0) is 9.59 Å². The predicted molar refractivity (Wildman–Crippen MR) is 72.3 cm³/mol. The highest BCUT2D eigenvalue weighted by Gasteiger charge is 2.31. The van der Waals surface area contributed by atoms with Crippen molar-refractivity contribution in [2.75, 3.05) is 0 Å². The third kappa shape index (κ3) is 4.91. The SMILES string of the molecule is CC(C)(C)[C@@H](NC(=O)/C=C/c1cccnc1)C(=O)O. The molecular weight excluding hydrogens is 244 g/mol. The van der Waals surface area contributed by atoms with Crippen molar-refractivity contribution in [3.05, 3.63) is 36.2 Å². The standard InChI is InChI=1S/C14H18N2O3/c1-14(2,3)12(13(18)19)16-11(17)7-6-10-5-4-8-15-9-10/h4-9,12H,1-3H3,(H,16,17)(H,18,19)/b7-6+/t12-/m0/s1. The van der Waals surface area contributed by atoms with Gasteiger partial charge in [-0.1, -0.05) is 26.8 Å². The molecule has 19 heavy (non-hydrogen) atoms. The molecule has 5 heteroatoms. The summed E-state index contributed by atoms with van der Waals surface area (Å²) in [5, 5.41) is 11.6. The molecule has 1 atom stereocenters. The molecule has 1 amide bonds. The number of aliphatic carboxylic acids is 1. The summed E-state index contributed by atoms with van der Waals surface area (Å²) in [6.07, 6.45) is 6.14. The van der Waals surface area contributed by atoms with Crippen LogP contribution in [0.5, 0.6) is 0 Å². The summed E-state index contributed by atoms with van der Waals surface area (Å²) >= 11 is 0. The predicted octanol–water partition coefficient (Wildman–Crippen LogP) is 1.71. The second-order valence-corrected chi connectivity index (χ2v) is 5.27. The Hall–Kier alpha value is -2.17. The van der Waals surface area contributed by atoms with E-state index in [9.17, 15) is 9.59 Å². The molecular formula is C14H18N2O3. The first-order chi connectivity index (χ1) is 8.80. The van der Waals surface area contributed by atoms with Crippen molar-refractivity contribution < 1.29 is 14.7 Å². The highest BCUT2D eigenvalue weighted by atomic mass is 16.4. The van der Waals surface area contributed by atoms with Crippen molar-refractivity contribution in [3.8, 4) is 0 Å². The fourth-order valence-corrected chi connectivity index (χ4v) is 1.49. The first kappa shape index (κ1) is 14.9. The lowest BCUT2D eigenvalue weighted by atomic mass is 9.87. The molecule has 0 fully saturated rings. The molecule has 0 spiro atoms. The zero-order chi connectivity index (χ0) is 14.5. The maximum absolute atomic E-state index is 11.7. The number of rotatable bonds is 4. The molecule has 1 heterocycles. The first-order valence-electron chi connectivity index (χ1n) is 5.92. The lowest BCUT2D eigenvalue weighted by Crippen LogP contribution is -2.48. The summed E-state index contributed by atoms with van der Waals surface area (Å²) in [4.78, 5) is 26.7. The van der Waals surface area contributed by atoms with Gasteiger partial charge < -0.3 is 10.4 Å². The Morgan fingerprint density at radius 1 is 1.42 bits per heavy atom. The lowest BCUT2D eigenvalue weighted by Gasteiger charge is -2.27. The van der Waals surface area contributed by atoms with Gasteiger partial charge in [0.1, 0.15) is 6.04 Å². The summed E-state index contributed by atoms with van der Waals surface area (Å²) in [5.74, 6) is -1.48. The Morgan fingerprint density at radius 2 is 2.11 bits per heavy atom. The molecule has 5 nitrogen and oxygen atoms in total. The maximum atomic E-state index is 11.7. The van der Waals surface area contributed by atoms with Crippen molar-refractivity contribution in [2.24, 2.45) is 5.41 Å². The van der Waals surface area contributed by atoms with Crippen LogP contribution in [0.2, 0.25) is 0 Å². The quantitative estimate of drug-likeness (QED) is 0.810. The van der Waals surface area contributed by atoms with Gasteiger partial charge in [-0.25, -0.2) is 4.79 Å². The van der Waals surface area contributed by atoms with Gasteiger partial charge in [0.2, 0.25) is 5.91 Å². The van der Waals surface area contributed by atoms with Gasteiger partial charge in [0.05, 0.1) is 0 Å². The van der Waals surface area contributed by atoms with E-state index in [0.717, 1.165) is 5.56 Å². The highest BCUT2D eigenvalue weighted by Crippen LogP contribution is 2.19. The molecule has 0 aliphatic rings. The molecule has 102 valence electrons. The Labute approximate surface area is 112 Å². The number of pyridine rings is 1. The average Bonchev–Trinajstić information content (AvgIpc) is 2.33. The van der Waals surface area contributed by atoms with E-state index in [1.807, 2.05) is 0 Å². The molecule has 0 bridgehead atoms. The van der Waals surface area contributed by atoms with Crippen LogP contribution in [0.1, 0.15) is 26.3 Å². The average molecular weight is 262 g/mol. The fraction of sp³-hybridized carbons (Fsp3) is 0.357. The van der Waals surface area contributed by atoms with Crippen molar-refractivity contribution in [1.82, 2.24) is 10.3 Å². The van der Waals surface area contributed by atoms with E-state index in [2.05, 4.69) is 10.3 Å². The van der Waals surface area contributed by atoms with E-state index >= 15 is 0 Å². The van der Waals surface area contributed by atoms with E-state index in [0.29, 0.717) is 0 Å². The molecule has 1 aromatic rings. The van der Waals surface area contributed by atoms with Crippen molar-refractivity contribution >= 4 is 18.0 Å². The van der Waals surface area contributed by atoms with E-state index in [4.69, 9.17) is 5.11 Å². The van der Waals surface area contributed by atoms with Gasteiger partial charge >= 0.3 is 5.97 Å². The van der Waals surface area contributed by atoms with Crippen molar-refractivity contribution in [2.45, 2.75) is 26.8 Å². The third-order valence-electron chi connectivity index (χ3n) is 2.51. The molecule has 0 radical (unpaired) electrons. The molecule has 0 unspecified atom stereocenters. The van der Waals surface area contributed by atoms with Crippen LogP contribution >= 0.6 is 0 Å². The summed E-state index contributed by atoms with van der Waals surface area (Å²) in [7, 11) is 0. The van der Waals surface area contributed by atoms with Crippen LogP contribution in [0.25, 0.3) is 6.08 Å². The number of nitrogens with one attached hydrogen (secondary N) is 1. The summed E-state index contributed by atoms with van der Waals surface area (Å²) in [6, 6.07) is 2.63. The monoisotopic (exact) mass is 262 g/mol. The van der Waals surface area contributed by atoms with E-state index in [1.165, 1.54) is 6.08 Å². The number of hydrogen-bond acceptors (Lipinski definition) is 3. The molecule has 0 aliphatic heterocycles. The van der Waals surface area contributed by atoms with E-state index < -0.39 is 23.3 Å². The Morgan fingerprint density at radius 3 is 2.58 bits per heavy atom. The summed E-state index contributed by atoms with van der Waals surface area (Å²) in [6.45, 7) is 5.28. The van der Waals surface area contributed by atoms with Crippen LogP contribution in [0.15, 0.2) is 30.6 Å². The summed E-state index contributed by atoms with van der Waals surface area (Å²) < 4.78 is 0. The van der Waals surface area contributed by atoms with Gasteiger partial charge in [-0.15, -0.1) is 0 Å². The first-order valence-corrected chi connectivity index (χ1v) is 5.92. The molecule has 1 aromatic heterocycles. The Kier molecular flexibility index (Phi) is 4.80. The van der Waals surface area contributed by atoms with Gasteiger partial charge in [-0.05, 0) is 23.1 Å². The number of nitrogens with zero attached hydrogens (tertiary/aromatic N) is 1. The van der Waals surface area contributed by atoms with Crippen LogP contribution < -0.4 is 5.32 Å². The maximum Gasteiger partial charge on any atom is 0.326 e. The Bertz CT molecular complexity index is 475. The van der Waals surface area contributed by atoms with E-state index in [1.54, 1.807) is 51.4 Å². The van der Waals surface area contributed by atoms with Crippen LogP contribution in [0.4, 0.5) is 0 Å². The van der Waals surface area contributed by atoms with Crippen LogP contribution in [0.3, 0.4) is 0 Å². The van der Waals surface area contributed by atoms with Gasteiger partial charge in [-0.2, -0.15) is 0 Å². The lowest BCUT2D eigenvalue weighted by molar-refractivity contribution is -0.144. The van der Waals surface area contributed by atoms with Crippen LogP contribution in [-0.4, -0.2) is 28.0 Å². The molecule has 1 rings (SSSR count). The minimum atomic E-state index is -1.05. The minimum Gasteiger partial charge on any atom is -0.480 e. The fourth-order valence-electron chi connectivity index (χ4n) is 1.49. The summed E-state index contributed by atoms with van der Waals surface area (Å²) in [5.41, 5.74) is 0.226. The molecule has 0 aliphatic carbocycles. The number of amides is 1. The highest BCUT2D eigenvalue weighted by molar-refractivity contribution is 5.94. The van der Waals surface area contributed by atoms with Gasteiger partial charge in [0, 0.05) is 18.5 Å². The Balaban J connectivity index is 2.69. The smallest absolute Gasteiger partial charge is 0.326 e.